The lowest BCUT2D eigenvalue weighted by Crippen LogP contribution is -2.29. The van der Waals surface area contributed by atoms with Gasteiger partial charge in [-0.2, -0.15) is 0 Å². The molecule has 1 N–H and O–H groups in total. The number of carbonyl (C=O) groups excluding carboxylic acids is 2. The molecule has 0 aromatic heterocycles. The third kappa shape index (κ3) is 4.31. The van der Waals surface area contributed by atoms with Crippen LogP contribution in [-0.4, -0.2) is 36.6 Å². The Morgan fingerprint density at radius 2 is 1.89 bits per heavy atom. The molecule has 3 aromatic carbocycles. The van der Waals surface area contributed by atoms with Crippen LogP contribution in [0.1, 0.15) is 42.1 Å². The molecule has 3 aromatic rings. The highest BCUT2D eigenvalue weighted by molar-refractivity contribution is 6.51. The molecule has 37 heavy (non-hydrogen) atoms. The molecule has 2 aliphatic rings. The van der Waals surface area contributed by atoms with Crippen LogP contribution in [0.25, 0.3) is 5.76 Å². The molecule has 5 rings (SSSR count). The molecule has 0 saturated carbocycles. The fourth-order valence-corrected chi connectivity index (χ4v) is 5.05. The van der Waals surface area contributed by atoms with Crippen molar-refractivity contribution >= 4 is 23.1 Å². The number of Topliss-reactive ketones (excluding diaryl/α,β-unsaturated/α-hetero) is 1. The summed E-state index contributed by atoms with van der Waals surface area (Å²) in [5.41, 5.74) is 3.55. The first-order valence-electron chi connectivity index (χ1n) is 12.3. The molecule has 0 spiro atoms. The molecule has 0 aliphatic carbocycles. The van der Waals surface area contributed by atoms with Crippen molar-refractivity contribution in [2.75, 3.05) is 18.6 Å². The van der Waals surface area contributed by atoms with E-state index < -0.39 is 17.7 Å². The molecular weight excluding hydrogens is 470 g/mol. The average Bonchev–Trinajstić information content (AvgIpc) is 3.39. The maximum absolute atomic E-state index is 13.5. The minimum Gasteiger partial charge on any atom is -0.507 e. The average molecular weight is 500 g/mol. The summed E-state index contributed by atoms with van der Waals surface area (Å²) >= 11 is 0. The van der Waals surface area contributed by atoms with Crippen LogP contribution in [0.5, 0.6) is 17.2 Å². The van der Waals surface area contributed by atoms with Crippen molar-refractivity contribution in [1.29, 1.82) is 0 Å². The lowest BCUT2D eigenvalue weighted by molar-refractivity contribution is -0.132. The molecule has 7 nitrogen and oxygen atoms in total. The number of hydrogen-bond acceptors (Lipinski definition) is 6. The van der Waals surface area contributed by atoms with E-state index in [1.165, 1.54) is 4.90 Å². The number of ether oxygens (including phenoxy) is 3. The smallest absolute Gasteiger partial charge is 0.300 e. The van der Waals surface area contributed by atoms with Crippen LogP contribution in [0.2, 0.25) is 0 Å². The molecule has 0 radical (unpaired) electrons. The molecule has 7 heteroatoms. The molecular formula is C30H29NO6. The lowest BCUT2D eigenvalue weighted by Gasteiger charge is -2.26. The number of fused-ring (bicyclic) bond motifs is 1. The van der Waals surface area contributed by atoms with E-state index in [2.05, 4.69) is 0 Å². The van der Waals surface area contributed by atoms with E-state index in [-0.39, 0.29) is 17.4 Å². The van der Waals surface area contributed by atoms with Crippen molar-refractivity contribution in [1.82, 2.24) is 0 Å². The maximum Gasteiger partial charge on any atom is 0.300 e. The minimum atomic E-state index is -0.865. The summed E-state index contributed by atoms with van der Waals surface area (Å²) in [6, 6.07) is 17.1. The predicted molar refractivity (Wildman–Crippen MR) is 140 cm³/mol. The monoisotopic (exact) mass is 499 g/mol. The molecule has 190 valence electrons. The van der Waals surface area contributed by atoms with Gasteiger partial charge in [0.1, 0.15) is 17.6 Å². The standard InChI is InChI=1S/C30H29NO6/c1-5-36-25-16-19(9-12-24(25)35-4)27-26(28(32)20-10-11-23-21(15-20)14-18(3)37-23)29(33)30(34)31(27)22-8-6-7-17(2)13-22/h6-13,15-16,18,27,32H,5,14H2,1-4H3/b28-26+. The van der Waals surface area contributed by atoms with Crippen molar-refractivity contribution in [3.05, 3.63) is 88.5 Å². The number of amides is 1. The van der Waals surface area contributed by atoms with Gasteiger partial charge in [0.2, 0.25) is 0 Å². The summed E-state index contributed by atoms with van der Waals surface area (Å²) in [5.74, 6) is 0.103. The number of benzene rings is 3. The number of methoxy groups -OCH3 is 1. The van der Waals surface area contributed by atoms with Gasteiger partial charge in [0.15, 0.2) is 11.5 Å². The summed E-state index contributed by atoms with van der Waals surface area (Å²) in [5, 5.41) is 11.5. The highest BCUT2D eigenvalue weighted by Crippen LogP contribution is 2.44. The van der Waals surface area contributed by atoms with Gasteiger partial charge in [0.05, 0.1) is 25.3 Å². The Kier molecular flexibility index (Phi) is 6.38. The second-order valence-electron chi connectivity index (χ2n) is 9.31. The predicted octanol–water partition coefficient (Wildman–Crippen LogP) is 5.35. The first-order chi connectivity index (χ1) is 17.8. The first kappa shape index (κ1) is 24.4. The van der Waals surface area contributed by atoms with Gasteiger partial charge >= 0.3 is 0 Å². The van der Waals surface area contributed by atoms with Crippen LogP contribution >= 0.6 is 0 Å². The van der Waals surface area contributed by atoms with Crippen LogP contribution in [0, 0.1) is 6.92 Å². The molecule has 2 unspecified atom stereocenters. The zero-order valence-electron chi connectivity index (χ0n) is 21.3. The van der Waals surface area contributed by atoms with Crippen molar-refractivity contribution < 1.29 is 28.9 Å². The second kappa shape index (κ2) is 9.65. The fourth-order valence-electron chi connectivity index (χ4n) is 5.05. The molecule has 2 aliphatic heterocycles. The summed E-state index contributed by atoms with van der Waals surface area (Å²) < 4.78 is 17.0. The number of aliphatic hydroxyl groups is 1. The third-order valence-electron chi connectivity index (χ3n) is 6.70. The van der Waals surface area contributed by atoms with E-state index in [0.29, 0.717) is 41.3 Å². The lowest BCUT2D eigenvalue weighted by atomic mass is 9.94. The van der Waals surface area contributed by atoms with Gasteiger partial charge in [-0.05, 0) is 79.9 Å². The van der Waals surface area contributed by atoms with Gasteiger partial charge in [-0.15, -0.1) is 0 Å². The summed E-state index contributed by atoms with van der Waals surface area (Å²) in [6.07, 6.45) is 0.740. The number of anilines is 1. The summed E-state index contributed by atoms with van der Waals surface area (Å²) in [7, 11) is 1.55. The van der Waals surface area contributed by atoms with Crippen molar-refractivity contribution in [3.63, 3.8) is 0 Å². The maximum atomic E-state index is 13.5. The Morgan fingerprint density at radius 3 is 2.62 bits per heavy atom. The van der Waals surface area contributed by atoms with Gasteiger partial charge in [-0.25, -0.2) is 0 Å². The van der Waals surface area contributed by atoms with E-state index in [1.54, 1.807) is 43.5 Å². The molecule has 2 heterocycles. The van der Waals surface area contributed by atoms with Crippen LogP contribution in [-0.2, 0) is 16.0 Å². The third-order valence-corrected chi connectivity index (χ3v) is 6.70. The molecule has 0 bridgehead atoms. The molecule has 1 saturated heterocycles. The van der Waals surface area contributed by atoms with Crippen LogP contribution < -0.4 is 19.1 Å². The number of aryl methyl sites for hydroxylation is 1. The van der Waals surface area contributed by atoms with Crippen LogP contribution in [0.15, 0.2) is 66.2 Å². The molecule has 2 atom stereocenters. The number of rotatable bonds is 6. The zero-order chi connectivity index (χ0) is 26.3. The van der Waals surface area contributed by atoms with E-state index in [4.69, 9.17) is 14.2 Å². The second-order valence-corrected chi connectivity index (χ2v) is 9.31. The van der Waals surface area contributed by atoms with Crippen LogP contribution in [0.4, 0.5) is 5.69 Å². The van der Waals surface area contributed by atoms with Crippen molar-refractivity contribution in [2.24, 2.45) is 0 Å². The zero-order valence-corrected chi connectivity index (χ0v) is 21.3. The number of nitrogens with zero attached hydrogens (tertiary/aromatic N) is 1. The van der Waals surface area contributed by atoms with Gasteiger partial charge in [0.25, 0.3) is 11.7 Å². The van der Waals surface area contributed by atoms with E-state index in [1.807, 2.05) is 45.0 Å². The summed E-state index contributed by atoms with van der Waals surface area (Å²) in [4.78, 5) is 28.4. The Labute approximate surface area is 215 Å². The van der Waals surface area contributed by atoms with Gasteiger partial charge in [-0.1, -0.05) is 18.2 Å². The summed E-state index contributed by atoms with van der Waals surface area (Å²) in [6.45, 7) is 6.17. The Bertz CT molecular complexity index is 1430. The van der Waals surface area contributed by atoms with Crippen molar-refractivity contribution in [3.8, 4) is 17.2 Å². The largest absolute Gasteiger partial charge is 0.507 e. The highest BCUT2D eigenvalue weighted by atomic mass is 16.5. The van der Waals surface area contributed by atoms with Crippen molar-refractivity contribution in [2.45, 2.75) is 39.3 Å². The first-order valence-corrected chi connectivity index (χ1v) is 12.3. The van der Waals surface area contributed by atoms with Gasteiger partial charge in [-0.3, -0.25) is 14.5 Å². The topological polar surface area (TPSA) is 85.3 Å². The number of ketones is 1. The normalized spacial score (nSPS) is 20.1. The molecule has 1 amide bonds. The quantitative estimate of drug-likeness (QED) is 0.280. The SMILES string of the molecule is CCOc1cc(C2/C(=C(\O)c3ccc4c(c3)CC(C)O4)C(=O)C(=O)N2c2cccc(C)c2)ccc1OC. The highest BCUT2D eigenvalue weighted by Gasteiger charge is 2.47. The Morgan fingerprint density at radius 1 is 1.08 bits per heavy atom. The minimum absolute atomic E-state index is 0.0195. The number of hydrogen-bond donors (Lipinski definition) is 1. The number of carbonyl (C=O) groups is 2. The van der Waals surface area contributed by atoms with E-state index >= 15 is 0 Å². The van der Waals surface area contributed by atoms with Gasteiger partial charge < -0.3 is 19.3 Å². The van der Waals surface area contributed by atoms with E-state index in [0.717, 1.165) is 16.9 Å². The molecule has 1 fully saturated rings. The Balaban J connectivity index is 1.71. The van der Waals surface area contributed by atoms with Crippen LogP contribution in [0.3, 0.4) is 0 Å². The Hall–Kier alpha value is -4.26. The van der Waals surface area contributed by atoms with Gasteiger partial charge in [0, 0.05) is 17.7 Å². The van der Waals surface area contributed by atoms with E-state index in [9.17, 15) is 14.7 Å². The fraction of sp³-hybridized carbons (Fsp3) is 0.267. The number of aliphatic hydroxyl groups excluding tert-OH is 1.